The van der Waals surface area contributed by atoms with Crippen LogP contribution in [-0.4, -0.2) is 22.5 Å². The number of amides is 1. The summed E-state index contributed by atoms with van der Waals surface area (Å²) in [6, 6.07) is 0. The maximum Gasteiger partial charge on any atom is 0.405 e. The molecule has 0 aliphatic heterocycles. The molecule has 4 fully saturated rings. The number of ketones is 1. The first-order chi connectivity index (χ1) is 15.8. The highest BCUT2D eigenvalue weighted by molar-refractivity contribution is 6.02. The molecule has 34 heavy (non-hydrogen) atoms. The number of allylic oxidation sites excluding steroid dienone is 1. The molecule has 2 N–H and O–H groups in total. The van der Waals surface area contributed by atoms with Crippen molar-refractivity contribution < 1.29 is 16.1 Å². The number of Topliss-reactive ketones (excluding diaryl/α,β-unsaturated/α-hetero) is 1. The molecule has 1 amide bonds. The zero-order chi connectivity index (χ0) is 24.8. The Bertz CT molecular complexity index is 940. The van der Waals surface area contributed by atoms with Gasteiger partial charge in [0.1, 0.15) is 0 Å². The molecule has 4 heteroatoms. The second-order valence-electron chi connectivity index (χ2n) is 14.3. The summed E-state index contributed by atoms with van der Waals surface area (Å²) in [4.78, 5) is 25.1. The van der Waals surface area contributed by atoms with E-state index in [0.717, 1.165) is 42.6 Å². The summed E-state index contributed by atoms with van der Waals surface area (Å²) < 4.78 is 0. The fourth-order valence-corrected chi connectivity index (χ4v) is 10.8. The van der Waals surface area contributed by atoms with E-state index in [-0.39, 0.29) is 18.5 Å². The molecule has 0 aromatic carbocycles. The van der Waals surface area contributed by atoms with Crippen LogP contribution in [0.4, 0.5) is 4.79 Å². The minimum Gasteiger partial charge on any atom is -0.465 e. The molecular formula is C30H49NO3. The fraction of sp³-hybridized carbons (Fsp3) is 0.867. The molecule has 4 unspecified atom stereocenters. The van der Waals surface area contributed by atoms with E-state index in [1.165, 1.54) is 37.7 Å². The lowest BCUT2D eigenvalue weighted by Gasteiger charge is -2.69. The van der Waals surface area contributed by atoms with Crippen LogP contribution in [0, 0.1) is 51.8 Å². The number of rotatable bonds is 2. The van der Waals surface area contributed by atoms with Crippen molar-refractivity contribution in [2.24, 2.45) is 51.8 Å². The van der Waals surface area contributed by atoms with Crippen LogP contribution in [0.25, 0.3) is 0 Å². The Balaban J connectivity index is 0.00000289. The highest BCUT2D eigenvalue weighted by atomic mass is 16.4. The van der Waals surface area contributed by atoms with Crippen LogP contribution in [-0.2, 0) is 4.79 Å². The Morgan fingerprint density at radius 3 is 2.29 bits per heavy atom. The van der Waals surface area contributed by atoms with Gasteiger partial charge in [0.15, 0.2) is 5.78 Å². The van der Waals surface area contributed by atoms with Gasteiger partial charge in [-0.15, -0.1) is 0 Å². The van der Waals surface area contributed by atoms with Gasteiger partial charge in [0, 0.05) is 7.85 Å². The molecule has 0 radical (unpaired) electrons. The zero-order valence-corrected chi connectivity index (χ0v) is 22.6. The van der Waals surface area contributed by atoms with Crippen molar-refractivity contribution in [1.29, 1.82) is 0 Å². The lowest BCUT2D eigenvalue weighted by Crippen LogP contribution is -2.63. The van der Waals surface area contributed by atoms with Gasteiger partial charge >= 0.3 is 6.09 Å². The van der Waals surface area contributed by atoms with Gasteiger partial charge in [0.2, 0.25) is 0 Å². The van der Waals surface area contributed by atoms with E-state index in [9.17, 15) is 14.7 Å². The van der Waals surface area contributed by atoms with Gasteiger partial charge in [0.05, 0.1) is 5.54 Å². The van der Waals surface area contributed by atoms with E-state index in [0.29, 0.717) is 29.1 Å². The van der Waals surface area contributed by atoms with Crippen molar-refractivity contribution >= 4 is 11.9 Å². The number of carbonyl (C=O) groups is 2. The molecule has 0 bridgehead atoms. The Kier molecular flexibility index (Phi) is 5.44. The molecule has 0 heterocycles. The van der Waals surface area contributed by atoms with Gasteiger partial charge in [-0.1, -0.05) is 48.5 Å². The summed E-state index contributed by atoms with van der Waals surface area (Å²) in [6.45, 7) is 17.0. The normalized spacial score (nSPS) is 47.5. The maximum atomic E-state index is 13.3. The topological polar surface area (TPSA) is 66.4 Å². The van der Waals surface area contributed by atoms with E-state index >= 15 is 0 Å². The first-order valence-electron chi connectivity index (χ1n) is 14.1. The summed E-state index contributed by atoms with van der Waals surface area (Å²) >= 11 is 0. The number of fused-ring (bicyclic) bond motifs is 7. The zero-order valence-electron chi connectivity index (χ0n) is 22.6. The van der Waals surface area contributed by atoms with E-state index in [1.54, 1.807) is 0 Å². The third-order valence-corrected chi connectivity index (χ3v) is 12.5. The van der Waals surface area contributed by atoms with Crippen LogP contribution < -0.4 is 5.32 Å². The number of hydrogen-bond acceptors (Lipinski definition) is 2. The van der Waals surface area contributed by atoms with Crippen LogP contribution in [0.15, 0.2) is 11.1 Å². The minimum atomic E-state index is -0.986. The number of carbonyl (C=O) groups excluding carboxylic acids is 1. The monoisotopic (exact) mass is 471 g/mol. The van der Waals surface area contributed by atoms with Gasteiger partial charge in [-0.25, -0.2) is 4.79 Å². The Labute approximate surface area is 208 Å². The van der Waals surface area contributed by atoms with Crippen molar-refractivity contribution in [3.63, 3.8) is 0 Å². The third-order valence-electron chi connectivity index (χ3n) is 12.5. The standard InChI is InChI=1S/C30H47NO3.H2/c1-17(2)24-21(32)16-30(31-26(33)34)15-11-20-19(25(24)30)8-9-23-28(20,6)14-12-22-27(4,5)18(3)10-13-29(22,23)7;/h17-20,22-23,31H,8-16H2,1-7H3,(H,33,34);1H/t18-,19?,20?,22?,23?,28-,29-,30+;/m0./s1. The first-order valence-corrected chi connectivity index (χ1v) is 14.1. The van der Waals surface area contributed by atoms with Crippen LogP contribution in [0.1, 0.15) is 108 Å². The van der Waals surface area contributed by atoms with E-state index in [4.69, 9.17) is 0 Å². The molecule has 0 aromatic heterocycles. The molecule has 8 atom stereocenters. The molecular weight excluding hydrogens is 422 g/mol. The highest BCUT2D eigenvalue weighted by Gasteiger charge is 2.66. The molecule has 4 saturated carbocycles. The van der Waals surface area contributed by atoms with Crippen molar-refractivity contribution in [2.75, 3.05) is 0 Å². The van der Waals surface area contributed by atoms with E-state index in [1.807, 2.05) is 0 Å². The predicted octanol–water partition coefficient (Wildman–Crippen LogP) is 7.48. The molecule has 0 saturated heterocycles. The Morgan fingerprint density at radius 2 is 1.65 bits per heavy atom. The molecule has 0 aromatic rings. The van der Waals surface area contributed by atoms with Crippen molar-refractivity contribution in [2.45, 2.75) is 112 Å². The predicted molar refractivity (Wildman–Crippen MR) is 138 cm³/mol. The number of hydrogen-bond donors (Lipinski definition) is 2. The summed E-state index contributed by atoms with van der Waals surface area (Å²) in [7, 11) is 0. The third kappa shape index (κ3) is 3.08. The number of carboxylic acid groups (broad SMARTS) is 1. The molecule has 4 nitrogen and oxygen atoms in total. The lowest BCUT2D eigenvalue weighted by molar-refractivity contribution is -0.188. The van der Waals surface area contributed by atoms with Crippen LogP contribution in [0.2, 0.25) is 0 Å². The van der Waals surface area contributed by atoms with Crippen LogP contribution in [0.3, 0.4) is 0 Å². The van der Waals surface area contributed by atoms with Gasteiger partial charge in [-0.05, 0) is 114 Å². The largest absolute Gasteiger partial charge is 0.465 e. The summed E-state index contributed by atoms with van der Waals surface area (Å²) in [5, 5.41) is 12.6. The molecule has 5 aliphatic carbocycles. The Morgan fingerprint density at radius 1 is 0.971 bits per heavy atom. The number of nitrogens with one attached hydrogen (secondary N) is 1. The van der Waals surface area contributed by atoms with Crippen LogP contribution in [0.5, 0.6) is 0 Å². The summed E-state index contributed by atoms with van der Waals surface area (Å²) in [5.74, 6) is 3.54. The average Bonchev–Trinajstić information content (AvgIpc) is 3.02. The second-order valence-corrected chi connectivity index (χ2v) is 14.3. The average molecular weight is 472 g/mol. The van der Waals surface area contributed by atoms with Crippen molar-refractivity contribution in [1.82, 2.24) is 5.32 Å². The Hall–Kier alpha value is -1.32. The smallest absolute Gasteiger partial charge is 0.405 e. The first kappa shape index (κ1) is 24.4. The van der Waals surface area contributed by atoms with E-state index < -0.39 is 11.6 Å². The van der Waals surface area contributed by atoms with Gasteiger partial charge in [-0.3, -0.25) is 4.79 Å². The highest BCUT2D eigenvalue weighted by Crippen LogP contribution is 2.72. The quantitative estimate of drug-likeness (QED) is 0.439. The van der Waals surface area contributed by atoms with Gasteiger partial charge < -0.3 is 10.4 Å². The maximum absolute atomic E-state index is 13.3. The molecule has 0 spiro atoms. The molecule has 5 aliphatic rings. The lowest BCUT2D eigenvalue weighted by atomic mass is 9.36. The van der Waals surface area contributed by atoms with Gasteiger partial charge in [0.25, 0.3) is 0 Å². The van der Waals surface area contributed by atoms with Gasteiger partial charge in [-0.2, -0.15) is 0 Å². The summed E-state index contributed by atoms with van der Waals surface area (Å²) in [5.41, 5.74) is 2.57. The SMILES string of the molecule is CC(C)C1=C2C3CCC4[C@@](C)(CCC5C(C)(C)[C@@H](C)CC[C@@]54C)C3CC[C@@]2(NC(=O)O)CC1=O.[HH]. The molecule has 192 valence electrons. The van der Waals surface area contributed by atoms with Crippen LogP contribution >= 0.6 is 0 Å². The second kappa shape index (κ2) is 7.59. The summed E-state index contributed by atoms with van der Waals surface area (Å²) in [6.07, 6.45) is 8.80. The minimum absolute atomic E-state index is 0. The molecule has 5 rings (SSSR count). The van der Waals surface area contributed by atoms with E-state index in [2.05, 4.69) is 53.8 Å². The fourth-order valence-electron chi connectivity index (χ4n) is 10.8. The van der Waals surface area contributed by atoms with Crippen molar-refractivity contribution in [3.05, 3.63) is 11.1 Å². The van der Waals surface area contributed by atoms with Crippen molar-refractivity contribution in [3.8, 4) is 0 Å².